The molecule has 1 heterocycles. The first-order valence-corrected chi connectivity index (χ1v) is 6.93. The van der Waals surface area contributed by atoms with Crippen LogP contribution in [0.4, 0.5) is 13.2 Å². The van der Waals surface area contributed by atoms with Gasteiger partial charge in [-0.15, -0.1) is 0 Å². The number of ether oxygens (including phenoxy) is 2. The minimum Gasteiger partial charge on any atom is -0.493 e. The van der Waals surface area contributed by atoms with Gasteiger partial charge in [-0.05, 0) is 23.8 Å². The van der Waals surface area contributed by atoms with Crippen LogP contribution in [0, 0.1) is 0 Å². The molecular formula is C15H18F3N3O2. The summed E-state index contributed by atoms with van der Waals surface area (Å²) in [6, 6.07) is 6.72. The normalized spacial score (nSPS) is 11.5. The Kier molecular flexibility index (Phi) is 5.49. The van der Waals surface area contributed by atoms with Gasteiger partial charge in [-0.1, -0.05) is 6.07 Å². The molecule has 126 valence electrons. The van der Waals surface area contributed by atoms with Crippen LogP contribution >= 0.6 is 0 Å². The highest BCUT2D eigenvalue weighted by Crippen LogP contribution is 2.29. The Morgan fingerprint density at radius 2 is 1.96 bits per heavy atom. The molecule has 2 aromatic rings. The van der Waals surface area contributed by atoms with Gasteiger partial charge < -0.3 is 14.8 Å². The monoisotopic (exact) mass is 329 g/mol. The second-order valence-corrected chi connectivity index (χ2v) is 4.97. The zero-order chi connectivity index (χ0) is 16.9. The highest BCUT2D eigenvalue weighted by molar-refractivity contribution is 5.43. The average Bonchev–Trinajstić information content (AvgIpc) is 2.90. The molecule has 1 N–H and O–H groups in total. The molecule has 0 atom stereocenters. The van der Waals surface area contributed by atoms with Crippen LogP contribution in [-0.4, -0.2) is 29.7 Å². The fourth-order valence-electron chi connectivity index (χ4n) is 1.99. The smallest absolute Gasteiger partial charge is 0.422 e. The van der Waals surface area contributed by atoms with Crippen molar-refractivity contribution in [1.29, 1.82) is 0 Å². The Bertz CT molecular complexity index is 641. The van der Waals surface area contributed by atoms with E-state index >= 15 is 0 Å². The second-order valence-electron chi connectivity index (χ2n) is 4.97. The molecule has 1 aromatic carbocycles. The van der Waals surface area contributed by atoms with Crippen LogP contribution in [0.3, 0.4) is 0 Å². The third-order valence-electron chi connectivity index (χ3n) is 3.02. The largest absolute Gasteiger partial charge is 0.493 e. The summed E-state index contributed by atoms with van der Waals surface area (Å²) in [5, 5.41) is 7.45. The van der Waals surface area contributed by atoms with Crippen molar-refractivity contribution in [3.8, 4) is 11.5 Å². The minimum atomic E-state index is -4.38. The molecule has 2 rings (SSSR count). The molecule has 0 radical (unpaired) electrons. The van der Waals surface area contributed by atoms with Gasteiger partial charge in [-0.3, -0.25) is 4.68 Å². The predicted molar refractivity (Wildman–Crippen MR) is 78.3 cm³/mol. The van der Waals surface area contributed by atoms with Gasteiger partial charge in [0.05, 0.1) is 12.8 Å². The van der Waals surface area contributed by atoms with Crippen molar-refractivity contribution in [2.45, 2.75) is 19.3 Å². The Labute approximate surface area is 132 Å². The van der Waals surface area contributed by atoms with E-state index in [-0.39, 0.29) is 11.5 Å². The average molecular weight is 329 g/mol. The summed E-state index contributed by atoms with van der Waals surface area (Å²) in [5.41, 5.74) is 1.78. The number of alkyl halides is 3. The van der Waals surface area contributed by atoms with Crippen LogP contribution in [-0.2, 0) is 20.1 Å². The zero-order valence-corrected chi connectivity index (χ0v) is 12.9. The maximum absolute atomic E-state index is 12.2. The Balaban J connectivity index is 1.92. The summed E-state index contributed by atoms with van der Waals surface area (Å²) >= 11 is 0. The molecule has 8 heteroatoms. The topological polar surface area (TPSA) is 48.3 Å². The molecule has 0 aliphatic heterocycles. The van der Waals surface area contributed by atoms with E-state index in [4.69, 9.17) is 9.47 Å². The van der Waals surface area contributed by atoms with E-state index in [1.165, 1.54) is 13.2 Å². The van der Waals surface area contributed by atoms with Crippen molar-refractivity contribution >= 4 is 0 Å². The number of nitrogens with zero attached hydrogens (tertiary/aromatic N) is 2. The lowest BCUT2D eigenvalue weighted by Gasteiger charge is -2.13. The Morgan fingerprint density at radius 3 is 2.57 bits per heavy atom. The minimum absolute atomic E-state index is 0.0679. The van der Waals surface area contributed by atoms with E-state index < -0.39 is 12.8 Å². The van der Waals surface area contributed by atoms with Crippen molar-refractivity contribution in [1.82, 2.24) is 15.1 Å². The molecule has 0 spiro atoms. The second kappa shape index (κ2) is 7.36. The van der Waals surface area contributed by atoms with Crippen molar-refractivity contribution in [3.63, 3.8) is 0 Å². The van der Waals surface area contributed by atoms with Crippen LogP contribution in [0.2, 0.25) is 0 Å². The number of aryl methyl sites for hydroxylation is 1. The number of nitrogens with one attached hydrogen (secondary N) is 1. The lowest BCUT2D eigenvalue weighted by atomic mass is 10.2. The van der Waals surface area contributed by atoms with Crippen LogP contribution in [0.5, 0.6) is 11.5 Å². The standard InChI is InChI=1S/C15H18F3N3O2/c1-21-6-5-12(20-21)9-19-8-11-3-4-13(14(7-11)22-2)23-10-15(16,17)18/h3-7,19H,8-10H2,1-2H3. The third kappa shape index (κ3) is 5.48. The highest BCUT2D eigenvalue weighted by Gasteiger charge is 2.29. The summed E-state index contributed by atoms with van der Waals surface area (Å²) < 4.78 is 48.1. The molecule has 0 saturated carbocycles. The fourth-order valence-corrected chi connectivity index (χ4v) is 1.99. The number of halogens is 3. The van der Waals surface area contributed by atoms with Crippen LogP contribution in [0.1, 0.15) is 11.3 Å². The van der Waals surface area contributed by atoms with Crippen LogP contribution in [0.15, 0.2) is 30.5 Å². The van der Waals surface area contributed by atoms with E-state index in [0.717, 1.165) is 11.3 Å². The van der Waals surface area contributed by atoms with Gasteiger partial charge in [-0.2, -0.15) is 18.3 Å². The summed E-state index contributed by atoms with van der Waals surface area (Å²) in [7, 11) is 3.23. The molecule has 0 saturated heterocycles. The van der Waals surface area contributed by atoms with Crippen molar-refractivity contribution < 1.29 is 22.6 Å². The number of methoxy groups -OCH3 is 1. The fraction of sp³-hybridized carbons (Fsp3) is 0.400. The van der Waals surface area contributed by atoms with Crippen molar-refractivity contribution in [2.75, 3.05) is 13.7 Å². The predicted octanol–water partition coefficient (Wildman–Crippen LogP) is 2.66. The summed E-state index contributed by atoms with van der Waals surface area (Å²) in [4.78, 5) is 0. The van der Waals surface area contributed by atoms with E-state index in [2.05, 4.69) is 10.4 Å². The Hall–Kier alpha value is -2.22. The van der Waals surface area contributed by atoms with Crippen LogP contribution < -0.4 is 14.8 Å². The van der Waals surface area contributed by atoms with E-state index in [1.54, 1.807) is 16.8 Å². The van der Waals surface area contributed by atoms with Gasteiger partial charge in [-0.25, -0.2) is 0 Å². The van der Waals surface area contributed by atoms with Gasteiger partial charge in [0.1, 0.15) is 0 Å². The van der Waals surface area contributed by atoms with Crippen molar-refractivity contribution in [3.05, 3.63) is 41.7 Å². The maximum Gasteiger partial charge on any atom is 0.422 e. The lowest BCUT2D eigenvalue weighted by Crippen LogP contribution is -2.19. The number of benzene rings is 1. The first-order chi connectivity index (χ1) is 10.9. The van der Waals surface area contributed by atoms with Gasteiger partial charge in [0.25, 0.3) is 0 Å². The number of aromatic nitrogens is 2. The maximum atomic E-state index is 12.2. The number of hydrogen-bond acceptors (Lipinski definition) is 4. The quantitative estimate of drug-likeness (QED) is 0.848. The van der Waals surface area contributed by atoms with Gasteiger partial charge in [0.15, 0.2) is 18.1 Å². The van der Waals surface area contributed by atoms with E-state index in [1.807, 2.05) is 19.3 Å². The zero-order valence-electron chi connectivity index (χ0n) is 12.9. The molecule has 23 heavy (non-hydrogen) atoms. The third-order valence-corrected chi connectivity index (χ3v) is 3.02. The molecule has 1 aromatic heterocycles. The highest BCUT2D eigenvalue weighted by atomic mass is 19.4. The molecule has 0 fully saturated rings. The number of hydrogen-bond donors (Lipinski definition) is 1. The molecule has 0 aliphatic rings. The molecule has 5 nitrogen and oxygen atoms in total. The van der Waals surface area contributed by atoms with E-state index in [9.17, 15) is 13.2 Å². The SMILES string of the molecule is COc1cc(CNCc2ccn(C)n2)ccc1OCC(F)(F)F. The molecule has 0 amide bonds. The summed E-state index contributed by atoms with van der Waals surface area (Å²) in [6.45, 7) is -0.220. The number of rotatable bonds is 7. The summed E-state index contributed by atoms with van der Waals surface area (Å²) in [6.07, 6.45) is -2.53. The lowest BCUT2D eigenvalue weighted by molar-refractivity contribution is -0.153. The molecular weight excluding hydrogens is 311 g/mol. The molecule has 0 unspecified atom stereocenters. The first-order valence-electron chi connectivity index (χ1n) is 6.93. The van der Waals surface area contributed by atoms with E-state index in [0.29, 0.717) is 13.1 Å². The summed E-state index contributed by atoms with van der Waals surface area (Å²) in [5.74, 6) is 0.338. The van der Waals surface area contributed by atoms with Gasteiger partial charge in [0.2, 0.25) is 0 Å². The van der Waals surface area contributed by atoms with Gasteiger partial charge in [0, 0.05) is 26.3 Å². The molecule has 0 bridgehead atoms. The molecule has 0 aliphatic carbocycles. The van der Waals surface area contributed by atoms with Crippen LogP contribution in [0.25, 0.3) is 0 Å². The Morgan fingerprint density at radius 1 is 1.17 bits per heavy atom. The van der Waals surface area contributed by atoms with Gasteiger partial charge >= 0.3 is 6.18 Å². The van der Waals surface area contributed by atoms with Crippen molar-refractivity contribution in [2.24, 2.45) is 7.05 Å². The first kappa shape index (κ1) is 17.1.